The number of rotatable bonds is 5. The van der Waals surface area contributed by atoms with Gasteiger partial charge >= 0.3 is 0 Å². The fourth-order valence-electron chi connectivity index (χ4n) is 1.53. The molecule has 1 aromatic heterocycles. The zero-order valence-corrected chi connectivity index (χ0v) is 11.1. The Labute approximate surface area is 111 Å². The van der Waals surface area contributed by atoms with Gasteiger partial charge in [0.05, 0.1) is 30.2 Å². The Kier molecular flexibility index (Phi) is 3.77. The van der Waals surface area contributed by atoms with Crippen molar-refractivity contribution in [2.75, 3.05) is 12.8 Å². The molecule has 1 heterocycles. The number of nitrogens with two attached hydrogens (primary N) is 1. The number of nitrogens with one attached hydrogen (secondary N) is 1. The van der Waals surface area contributed by atoms with Crippen molar-refractivity contribution in [1.29, 1.82) is 0 Å². The molecule has 7 heteroatoms. The van der Waals surface area contributed by atoms with Crippen LogP contribution in [0.2, 0.25) is 0 Å². The Balaban J connectivity index is 2.17. The van der Waals surface area contributed by atoms with Crippen molar-refractivity contribution in [2.24, 2.45) is 0 Å². The van der Waals surface area contributed by atoms with Gasteiger partial charge in [-0.1, -0.05) is 0 Å². The summed E-state index contributed by atoms with van der Waals surface area (Å²) in [6.07, 6.45) is 2.96. The summed E-state index contributed by atoms with van der Waals surface area (Å²) in [6.45, 7) is 0.158. The highest BCUT2D eigenvalue weighted by atomic mass is 32.2. The highest BCUT2D eigenvalue weighted by Gasteiger charge is 2.15. The molecular formula is C12H14N2O4S. The topological polar surface area (TPSA) is 94.6 Å². The van der Waals surface area contributed by atoms with Crippen molar-refractivity contribution < 1.29 is 17.6 Å². The van der Waals surface area contributed by atoms with Gasteiger partial charge in [0.15, 0.2) is 0 Å². The molecule has 0 aliphatic rings. The van der Waals surface area contributed by atoms with E-state index in [0.29, 0.717) is 5.75 Å². The molecule has 0 atom stereocenters. The van der Waals surface area contributed by atoms with Crippen LogP contribution >= 0.6 is 0 Å². The Morgan fingerprint density at radius 3 is 2.74 bits per heavy atom. The van der Waals surface area contributed by atoms with Crippen LogP contribution in [0.3, 0.4) is 0 Å². The molecule has 6 nitrogen and oxygen atoms in total. The van der Waals surface area contributed by atoms with Crippen LogP contribution < -0.4 is 15.2 Å². The number of hydrogen-bond acceptors (Lipinski definition) is 5. The predicted octanol–water partition coefficient (Wildman–Crippen LogP) is 1.35. The molecule has 0 spiro atoms. The average Bonchev–Trinajstić information content (AvgIpc) is 2.89. The summed E-state index contributed by atoms with van der Waals surface area (Å²) in [4.78, 5) is 0.0919. The van der Waals surface area contributed by atoms with Gasteiger partial charge in [0.1, 0.15) is 5.75 Å². The molecule has 1 aromatic carbocycles. The second-order valence-electron chi connectivity index (χ2n) is 3.86. The fraction of sp³-hybridized carbons (Fsp3) is 0.167. The summed E-state index contributed by atoms with van der Waals surface area (Å²) < 4.78 is 36.4. The van der Waals surface area contributed by atoms with Gasteiger partial charge < -0.3 is 14.9 Å². The van der Waals surface area contributed by atoms with E-state index in [0.717, 1.165) is 5.56 Å². The van der Waals surface area contributed by atoms with Crippen LogP contribution in [0, 0.1) is 0 Å². The van der Waals surface area contributed by atoms with Gasteiger partial charge in [0, 0.05) is 12.1 Å². The van der Waals surface area contributed by atoms with E-state index in [-0.39, 0.29) is 17.1 Å². The number of benzene rings is 1. The van der Waals surface area contributed by atoms with E-state index in [2.05, 4.69) is 4.72 Å². The van der Waals surface area contributed by atoms with E-state index in [4.69, 9.17) is 14.9 Å². The third-order valence-electron chi connectivity index (χ3n) is 2.56. The molecule has 2 rings (SSSR count). The first kappa shape index (κ1) is 13.4. The Bertz CT molecular complexity index is 650. The highest BCUT2D eigenvalue weighted by molar-refractivity contribution is 7.89. The first-order valence-electron chi connectivity index (χ1n) is 5.47. The lowest BCUT2D eigenvalue weighted by molar-refractivity contribution is 0.416. The van der Waals surface area contributed by atoms with Crippen LogP contribution in [0.5, 0.6) is 5.75 Å². The maximum atomic E-state index is 12.0. The van der Waals surface area contributed by atoms with Crippen LogP contribution in [-0.2, 0) is 16.6 Å². The van der Waals surface area contributed by atoms with Crippen LogP contribution in [0.1, 0.15) is 5.56 Å². The number of furan rings is 1. The average molecular weight is 282 g/mol. The normalized spacial score (nSPS) is 11.4. The van der Waals surface area contributed by atoms with Gasteiger partial charge in [-0.25, -0.2) is 13.1 Å². The third kappa shape index (κ3) is 3.07. The maximum Gasteiger partial charge on any atom is 0.240 e. The molecule has 0 aliphatic heterocycles. The maximum absolute atomic E-state index is 12.0. The van der Waals surface area contributed by atoms with Crippen molar-refractivity contribution in [3.63, 3.8) is 0 Å². The Morgan fingerprint density at radius 1 is 1.37 bits per heavy atom. The van der Waals surface area contributed by atoms with Gasteiger partial charge in [0.25, 0.3) is 0 Å². The van der Waals surface area contributed by atoms with Gasteiger partial charge in [-0.15, -0.1) is 0 Å². The molecule has 2 aromatic rings. The molecule has 0 bridgehead atoms. The first-order chi connectivity index (χ1) is 9.03. The number of hydrogen-bond donors (Lipinski definition) is 2. The highest BCUT2D eigenvalue weighted by Crippen LogP contribution is 2.24. The molecule has 102 valence electrons. The van der Waals surface area contributed by atoms with Gasteiger partial charge in [-0.3, -0.25) is 0 Å². The van der Waals surface area contributed by atoms with Gasteiger partial charge in [-0.2, -0.15) is 0 Å². The van der Waals surface area contributed by atoms with Crippen molar-refractivity contribution >= 4 is 15.7 Å². The SMILES string of the molecule is COc1ccc(S(=O)(=O)NCc2ccoc2)cc1N. The number of anilines is 1. The molecule has 0 radical (unpaired) electrons. The quantitative estimate of drug-likeness (QED) is 0.807. The second kappa shape index (κ2) is 5.33. The molecule has 3 N–H and O–H groups in total. The van der Waals surface area contributed by atoms with Gasteiger partial charge in [0.2, 0.25) is 10.0 Å². The van der Waals surface area contributed by atoms with Crippen LogP contribution in [0.4, 0.5) is 5.69 Å². The minimum atomic E-state index is -3.61. The lowest BCUT2D eigenvalue weighted by atomic mass is 10.3. The predicted molar refractivity (Wildman–Crippen MR) is 70.1 cm³/mol. The fourth-order valence-corrected chi connectivity index (χ4v) is 2.59. The molecule has 0 saturated carbocycles. The number of nitrogen functional groups attached to an aromatic ring is 1. The van der Waals surface area contributed by atoms with Crippen LogP contribution in [-0.4, -0.2) is 15.5 Å². The minimum Gasteiger partial charge on any atom is -0.495 e. The summed E-state index contributed by atoms with van der Waals surface area (Å²) >= 11 is 0. The minimum absolute atomic E-state index is 0.0919. The summed E-state index contributed by atoms with van der Waals surface area (Å²) in [5, 5.41) is 0. The number of ether oxygens (including phenoxy) is 1. The lowest BCUT2D eigenvalue weighted by Crippen LogP contribution is -2.23. The molecule has 19 heavy (non-hydrogen) atoms. The summed E-state index contributed by atoms with van der Waals surface area (Å²) in [7, 11) is -2.14. The van der Waals surface area contributed by atoms with Crippen LogP contribution in [0.25, 0.3) is 0 Å². The van der Waals surface area contributed by atoms with Crippen LogP contribution in [0.15, 0.2) is 46.1 Å². The number of sulfonamides is 1. The van der Waals surface area contributed by atoms with E-state index in [9.17, 15) is 8.42 Å². The Morgan fingerprint density at radius 2 is 2.16 bits per heavy atom. The van der Waals surface area contributed by atoms with E-state index in [1.54, 1.807) is 6.07 Å². The molecule has 0 unspecified atom stereocenters. The van der Waals surface area contributed by atoms with Crippen molar-refractivity contribution in [2.45, 2.75) is 11.4 Å². The standard InChI is InChI=1S/C12H14N2O4S/c1-17-12-3-2-10(6-11(12)13)19(15,16)14-7-9-4-5-18-8-9/h2-6,8,14H,7,13H2,1H3. The largest absolute Gasteiger partial charge is 0.495 e. The van der Waals surface area contributed by atoms with E-state index in [1.165, 1.54) is 37.8 Å². The summed E-state index contributed by atoms with van der Waals surface area (Å²) in [5.41, 5.74) is 6.70. The lowest BCUT2D eigenvalue weighted by Gasteiger charge is -2.08. The summed E-state index contributed by atoms with van der Waals surface area (Å²) in [6, 6.07) is 6.00. The van der Waals surface area contributed by atoms with Crippen molar-refractivity contribution in [1.82, 2.24) is 4.72 Å². The van der Waals surface area contributed by atoms with E-state index < -0.39 is 10.0 Å². The Hall–Kier alpha value is -1.99. The van der Waals surface area contributed by atoms with Gasteiger partial charge in [-0.05, 0) is 24.3 Å². The first-order valence-corrected chi connectivity index (χ1v) is 6.95. The van der Waals surface area contributed by atoms with E-state index >= 15 is 0 Å². The monoisotopic (exact) mass is 282 g/mol. The number of methoxy groups -OCH3 is 1. The summed E-state index contributed by atoms with van der Waals surface area (Å²) in [5.74, 6) is 0.439. The zero-order chi connectivity index (χ0) is 13.9. The molecular weight excluding hydrogens is 268 g/mol. The second-order valence-corrected chi connectivity index (χ2v) is 5.63. The molecule has 0 fully saturated rings. The third-order valence-corrected chi connectivity index (χ3v) is 3.96. The molecule has 0 aliphatic carbocycles. The smallest absolute Gasteiger partial charge is 0.240 e. The van der Waals surface area contributed by atoms with E-state index in [1.807, 2.05) is 0 Å². The van der Waals surface area contributed by atoms with Crippen molar-refractivity contribution in [3.8, 4) is 5.75 Å². The van der Waals surface area contributed by atoms with Crippen molar-refractivity contribution in [3.05, 3.63) is 42.4 Å². The zero-order valence-electron chi connectivity index (χ0n) is 10.3. The molecule has 0 amide bonds. The molecule has 0 saturated heterocycles.